The molecule has 0 atom stereocenters. The van der Waals surface area contributed by atoms with Crippen LogP contribution in [0.5, 0.6) is 0 Å². The second-order valence-corrected chi connectivity index (χ2v) is 6.78. The minimum atomic E-state index is -0.0403. The number of Topliss-reactive ketones (excluding diaryl/α,β-unsaturated/α-hetero) is 1. The molecule has 0 N–H and O–H groups in total. The lowest BCUT2D eigenvalue weighted by atomic mass is 9.98. The lowest BCUT2D eigenvalue weighted by Gasteiger charge is -2.16. The van der Waals surface area contributed by atoms with Crippen LogP contribution in [0, 0.1) is 0 Å². The molecule has 0 aliphatic carbocycles. The van der Waals surface area contributed by atoms with Crippen molar-refractivity contribution in [3.8, 4) is 0 Å². The van der Waals surface area contributed by atoms with E-state index in [-0.39, 0.29) is 12.4 Å². The highest BCUT2D eigenvalue weighted by atomic mass is 16.5. The molecule has 3 aromatic carbocycles. The number of hydrogen-bond acceptors (Lipinski definition) is 3. The lowest BCUT2D eigenvalue weighted by Crippen LogP contribution is -2.05. The van der Waals surface area contributed by atoms with E-state index in [0.29, 0.717) is 11.3 Å². The summed E-state index contributed by atoms with van der Waals surface area (Å²) in [6.45, 7) is 1.85. The van der Waals surface area contributed by atoms with E-state index in [1.54, 1.807) is 6.92 Å². The van der Waals surface area contributed by atoms with Gasteiger partial charge >= 0.3 is 0 Å². The number of ether oxygens (including phenoxy) is 1. The number of allylic oxidation sites excluding steroid dienone is 1. The zero-order valence-corrected chi connectivity index (χ0v) is 16.2. The minimum absolute atomic E-state index is 0.0403. The Morgan fingerprint density at radius 1 is 0.759 bits per heavy atom. The third-order valence-electron chi connectivity index (χ3n) is 4.70. The van der Waals surface area contributed by atoms with Gasteiger partial charge in [0.2, 0.25) is 0 Å². The number of carbonyl (C=O) groups excluding carboxylic acids is 1. The second-order valence-electron chi connectivity index (χ2n) is 6.78. The van der Waals surface area contributed by atoms with Gasteiger partial charge in [0.25, 0.3) is 0 Å². The molecule has 4 rings (SSSR count). The summed E-state index contributed by atoms with van der Waals surface area (Å²) in [7, 11) is 0. The Morgan fingerprint density at radius 2 is 1.38 bits per heavy atom. The number of ketones is 1. The van der Waals surface area contributed by atoms with Crippen LogP contribution in [0.4, 0.5) is 0 Å². The third kappa shape index (κ3) is 4.25. The molecule has 3 heteroatoms. The summed E-state index contributed by atoms with van der Waals surface area (Å²) in [5.74, 6) is 0.529. The van der Waals surface area contributed by atoms with Gasteiger partial charge in [0.1, 0.15) is 12.4 Å². The average Bonchev–Trinajstić information content (AvgIpc) is 2.77. The second kappa shape index (κ2) is 8.53. The van der Waals surface area contributed by atoms with Crippen molar-refractivity contribution in [2.75, 3.05) is 0 Å². The molecule has 29 heavy (non-hydrogen) atoms. The van der Waals surface area contributed by atoms with Gasteiger partial charge in [-0.2, -0.15) is 0 Å². The molecule has 1 heterocycles. The van der Waals surface area contributed by atoms with E-state index in [9.17, 15) is 4.79 Å². The van der Waals surface area contributed by atoms with Crippen LogP contribution >= 0.6 is 0 Å². The zero-order valence-electron chi connectivity index (χ0n) is 16.2. The Morgan fingerprint density at radius 3 is 2.07 bits per heavy atom. The summed E-state index contributed by atoms with van der Waals surface area (Å²) in [6.07, 6.45) is 0. The van der Waals surface area contributed by atoms with Crippen LogP contribution in [0.2, 0.25) is 0 Å². The number of carbonyl (C=O) groups is 1. The summed E-state index contributed by atoms with van der Waals surface area (Å²) in [4.78, 5) is 17.3. The summed E-state index contributed by atoms with van der Waals surface area (Å²) < 4.78 is 6.24. The van der Waals surface area contributed by atoms with Gasteiger partial charge in [-0.25, -0.2) is 4.98 Å². The van der Waals surface area contributed by atoms with Crippen LogP contribution < -0.4 is 0 Å². The summed E-state index contributed by atoms with van der Waals surface area (Å²) in [5, 5.41) is 1.09. The van der Waals surface area contributed by atoms with Crippen molar-refractivity contribution in [2.45, 2.75) is 13.5 Å². The molecule has 0 radical (unpaired) electrons. The SMILES string of the molecule is CC(=O)C(=C(OCc1ccc2ccccc2n1)c1ccccc1)c1ccccc1. The number of rotatable bonds is 6. The van der Waals surface area contributed by atoms with E-state index in [2.05, 4.69) is 4.98 Å². The summed E-state index contributed by atoms with van der Waals surface area (Å²) in [6, 6.07) is 31.3. The van der Waals surface area contributed by atoms with Crippen molar-refractivity contribution in [1.82, 2.24) is 4.98 Å². The fourth-order valence-corrected chi connectivity index (χ4v) is 3.32. The van der Waals surface area contributed by atoms with Gasteiger partial charge in [-0.1, -0.05) is 84.9 Å². The van der Waals surface area contributed by atoms with Gasteiger partial charge in [-0.05, 0) is 24.6 Å². The fourth-order valence-electron chi connectivity index (χ4n) is 3.32. The maximum atomic E-state index is 12.6. The first-order valence-corrected chi connectivity index (χ1v) is 9.56. The molecule has 0 bridgehead atoms. The van der Waals surface area contributed by atoms with Crippen LogP contribution in [0.25, 0.3) is 22.2 Å². The maximum Gasteiger partial charge on any atom is 0.164 e. The van der Waals surface area contributed by atoms with Crippen molar-refractivity contribution < 1.29 is 9.53 Å². The van der Waals surface area contributed by atoms with Crippen molar-refractivity contribution >= 4 is 28.0 Å². The average molecular weight is 379 g/mol. The Balaban J connectivity index is 1.75. The van der Waals surface area contributed by atoms with Crippen LogP contribution in [0.1, 0.15) is 23.7 Å². The Hall–Kier alpha value is -3.72. The predicted octanol–water partition coefficient (Wildman–Crippen LogP) is 5.91. The predicted molar refractivity (Wildman–Crippen MR) is 117 cm³/mol. The summed E-state index contributed by atoms with van der Waals surface area (Å²) in [5.41, 5.74) is 4.01. The quantitative estimate of drug-likeness (QED) is 0.237. The topological polar surface area (TPSA) is 39.2 Å². The number of hydrogen-bond donors (Lipinski definition) is 0. The molecule has 0 aliphatic heterocycles. The highest BCUT2D eigenvalue weighted by Crippen LogP contribution is 2.29. The molecule has 0 saturated heterocycles. The molecule has 0 spiro atoms. The molecule has 142 valence electrons. The van der Waals surface area contributed by atoms with E-state index in [0.717, 1.165) is 27.7 Å². The van der Waals surface area contributed by atoms with Crippen LogP contribution in [-0.4, -0.2) is 10.8 Å². The Kier molecular flexibility index (Phi) is 5.48. The first-order valence-electron chi connectivity index (χ1n) is 9.56. The zero-order chi connectivity index (χ0) is 20.1. The molecule has 1 aromatic heterocycles. The van der Waals surface area contributed by atoms with Crippen LogP contribution in [-0.2, 0) is 16.1 Å². The van der Waals surface area contributed by atoms with E-state index in [4.69, 9.17) is 4.74 Å². The van der Waals surface area contributed by atoms with Crippen molar-refractivity contribution in [3.63, 3.8) is 0 Å². The van der Waals surface area contributed by atoms with Gasteiger partial charge < -0.3 is 4.74 Å². The van der Waals surface area contributed by atoms with E-state index in [1.165, 1.54) is 0 Å². The fraction of sp³-hybridized carbons (Fsp3) is 0.0769. The van der Waals surface area contributed by atoms with Gasteiger partial charge in [-0.15, -0.1) is 0 Å². The smallest absolute Gasteiger partial charge is 0.164 e. The molecular weight excluding hydrogens is 358 g/mol. The molecule has 0 aliphatic rings. The number of para-hydroxylation sites is 1. The monoisotopic (exact) mass is 379 g/mol. The van der Waals surface area contributed by atoms with Crippen LogP contribution in [0.15, 0.2) is 97.1 Å². The molecule has 0 unspecified atom stereocenters. The molecule has 0 saturated carbocycles. The molecule has 3 nitrogen and oxygen atoms in total. The molecule has 0 amide bonds. The first kappa shape index (κ1) is 18.6. The van der Waals surface area contributed by atoms with Gasteiger partial charge in [0.05, 0.1) is 16.8 Å². The molecule has 0 fully saturated rings. The summed E-state index contributed by atoms with van der Waals surface area (Å²) >= 11 is 0. The van der Waals surface area contributed by atoms with Gasteiger partial charge in [-0.3, -0.25) is 4.79 Å². The van der Waals surface area contributed by atoms with Crippen molar-refractivity contribution in [2.24, 2.45) is 0 Å². The number of nitrogens with zero attached hydrogens (tertiary/aromatic N) is 1. The molecule has 4 aromatic rings. The van der Waals surface area contributed by atoms with Crippen molar-refractivity contribution in [1.29, 1.82) is 0 Å². The van der Waals surface area contributed by atoms with Crippen molar-refractivity contribution in [3.05, 3.63) is 114 Å². The lowest BCUT2D eigenvalue weighted by molar-refractivity contribution is -0.111. The Labute approximate surface area is 170 Å². The van der Waals surface area contributed by atoms with Gasteiger partial charge in [0, 0.05) is 10.9 Å². The van der Waals surface area contributed by atoms with E-state index < -0.39 is 0 Å². The van der Waals surface area contributed by atoms with Crippen LogP contribution in [0.3, 0.4) is 0 Å². The first-order chi connectivity index (χ1) is 14.2. The highest BCUT2D eigenvalue weighted by molar-refractivity contribution is 6.26. The normalized spacial score (nSPS) is 11.8. The van der Waals surface area contributed by atoms with E-state index >= 15 is 0 Å². The Bertz CT molecular complexity index is 1160. The minimum Gasteiger partial charge on any atom is -0.486 e. The largest absolute Gasteiger partial charge is 0.486 e. The molecular formula is C26H21NO2. The highest BCUT2D eigenvalue weighted by Gasteiger charge is 2.17. The number of pyridine rings is 1. The number of aromatic nitrogens is 1. The number of fused-ring (bicyclic) bond motifs is 1. The van der Waals surface area contributed by atoms with Gasteiger partial charge in [0.15, 0.2) is 5.78 Å². The van der Waals surface area contributed by atoms with E-state index in [1.807, 2.05) is 97.1 Å². The maximum absolute atomic E-state index is 12.6. The standard InChI is InChI=1S/C26H21NO2/c1-19(28)25(21-11-4-2-5-12-21)26(22-13-6-3-7-14-22)29-18-23-17-16-20-10-8-9-15-24(20)27-23/h2-17H,18H2,1H3. The third-order valence-corrected chi connectivity index (χ3v) is 4.70. The number of benzene rings is 3.